The summed E-state index contributed by atoms with van der Waals surface area (Å²) >= 11 is 1.66. The van der Waals surface area contributed by atoms with Crippen LogP contribution in [0.4, 0.5) is 9.93 Å². The Kier molecular flexibility index (Phi) is 4.53. The molecule has 23 heavy (non-hydrogen) atoms. The van der Waals surface area contributed by atoms with E-state index >= 15 is 0 Å². The Bertz CT molecular complexity index is 549. The summed E-state index contributed by atoms with van der Waals surface area (Å²) in [5.74, 6) is 0. The molecule has 6 heteroatoms. The average molecular weight is 334 g/mol. The van der Waals surface area contributed by atoms with E-state index in [2.05, 4.69) is 20.5 Å². The van der Waals surface area contributed by atoms with Crippen LogP contribution in [0.25, 0.3) is 0 Å². The number of amides is 2. The Morgan fingerprint density at radius 2 is 2.04 bits per heavy atom. The number of aryl methyl sites for hydroxylation is 2. The summed E-state index contributed by atoms with van der Waals surface area (Å²) in [6, 6.07) is 0.919. The minimum Gasteiger partial charge on any atom is -0.335 e. The Balaban J connectivity index is 1.31. The lowest BCUT2D eigenvalue weighted by atomic mass is 9.98. The molecule has 4 rings (SSSR count). The van der Waals surface area contributed by atoms with Gasteiger partial charge in [-0.15, -0.1) is 11.3 Å². The van der Waals surface area contributed by atoms with Crippen LogP contribution in [0.5, 0.6) is 0 Å². The number of hydrogen-bond acceptors (Lipinski definition) is 4. The molecule has 1 aromatic heterocycles. The third kappa shape index (κ3) is 3.53. The number of anilines is 1. The summed E-state index contributed by atoms with van der Waals surface area (Å²) in [7, 11) is 0. The lowest BCUT2D eigenvalue weighted by molar-refractivity contribution is 0.168. The monoisotopic (exact) mass is 334 g/mol. The molecule has 2 saturated heterocycles. The highest BCUT2D eigenvalue weighted by molar-refractivity contribution is 7.15. The molecule has 2 fully saturated rings. The van der Waals surface area contributed by atoms with Gasteiger partial charge in [-0.25, -0.2) is 9.78 Å². The van der Waals surface area contributed by atoms with Crippen LogP contribution in [0, 0.1) is 0 Å². The predicted octanol–water partition coefficient (Wildman–Crippen LogP) is 3.16. The highest BCUT2D eigenvalue weighted by Gasteiger charge is 2.32. The fraction of sp³-hybridized carbons (Fsp3) is 0.765. The van der Waals surface area contributed by atoms with Crippen LogP contribution in [0.3, 0.4) is 0 Å². The number of thiazole rings is 1. The van der Waals surface area contributed by atoms with E-state index in [0.717, 1.165) is 37.4 Å². The molecule has 0 radical (unpaired) electrons. The van der Waals surface area contributed by atoms with Gasteiger partial charge in [0.2, 0.25) is 0 Å². The lowest BCUT2D eigenvalue weighted by Crippen LogP contribution is -2.48. The molecule has 3 aliphatic rings. The molecule has 3 heterocycles. The second kappa shape index (κ2) is 6.77. The molecule has 2 amide bonds. The van der Waals surface area contributed by atoms with Crippen molar-refractivity contribution in [1.82, 2.24) is 15.2 Å². The number of hydrogen-bond donors (Lipinski definition) is 2. The van der Waals surface area contributed by atoms with Crippen LogP contribution >= 0.6 is 11.3 Å². The van der Waals surface area contributed by atoms with Gasteiger partial charge in [0, 0.05) is 23.5 Å². The number of piperidine rings is 1. The second-order valence-corrected chi connectivity index (χ2v) is 8.18. The molecule has 0 unspecified atom stereocenters. The van der Waals surface area contributed by atoms with E-state index in [0.29, 0.717) is 12.1 Å². The summed E-state index contributed by atoms with van der Waals surface area (Å²) in [6.07, 6.45) is 10.7. The maximum absolute atomic E-state index is 12.3. The Morgan fingerprint density at radius 3 is 3.00 bits per heavy atom. The molecule has 2 N–H and O–H groups in total. The quantitative estimate of drug-likeness (QED) is 0.817. The topological polar surface area (TPSA) is 57.3 Å². The smallest absolute Gasteiger partial charge is 0.321 e. The van der Waals surface area contributed by atoms with Crippen LogP contribution in [0.15, 0.2) is 0 Å². The number of urea groups is 1. The second-order valence-electron chi connectivity index (χ2n) is 7.10. The highest BCUT2D eigenvalue weighted by Crippen LogP contribution is 2.29. The van der Waals surface area contributed by atoms with Crippen molar-refractivity contribution in [2.45, 2.75) is 69.9 Å². The summed E-state index contributed by atoms with van der Waals surface area (Å²) in [4.78, 5) is 20.9. The van der Waals surface area contributed by atoms with E-state index < -0.39 is 0 Å². The van der Waals surface area contributed by atoms with Crippen LogP contribution in [0.2, 0.25) is 0 Å². The Hall–Kier alpha value is -1.14. The van der Waals surface area contributed by atoms with Gasteiger partial charge in [0.05, 0.1) is 5.69 Å². The van der Waals surface area contributed by atoms with E-state index in [9.17, 15) is 4.79 Å². The van der Waals surface area contributed by atoms with Gasteiger partial charge < -0.3 is 10.2 Å². The van der Waals surface area contributed by atoms with Gasteiger partial charge in [0.15, 0.2) is 5.13 Å². The van der Waals surface area contributed by atoms with Crippen molar-refractivity contribution in [2.24, 2.45) is 0 Å². The number of rotatable bonds is 2. The zero-order valence-corrected chi connectivity index (χ0v) is 14.5. The van der Waals surface area contributed by atoms with Crippen molar-refractivity contribution < 1.29 is 4.79 Å². The summed E-state index contributed by atoms with van der Waals surface area (Å²) in [5, 5.41) is 6.90. The first kappa shape index (κ1) is 15.4. The first-order valence-electron chi connectivity index (χ1n) is 9.08. The van der Waals surface area contributed by atoms with Crippen molar-refractivity contribution in [3.05, 3.63) is 10.6 Å². The van der Waals surface area contributed by atoms with Gasteiger partial charge in [0.25, 0.3) is 0 Å². The number of fused-ring (bicyclic) bond motifs is 2. The van der Waals surface area contributed by atoms with Gasteiger partial charge in [-0.3, -0.25) is 5.32 Å². The molecule has 2 atom stereocenters. The molecule has 0 spiro atoms. The summed E-state index contributed by atoms with van der Waals surface area (Å²) < 4.78 is 0. The first-order chi connectivity index (χ1) is 11.3. The van der Waals surface area contributed by atoms with Gasteiger partial charge in [0.1, 0.15) is 0 Å². The first-order valence-corrected chi connectivity index (χ1v) is 9.90. The SMILES string of the molecule is O=C(Nc1nc2c(s1)CCCCC2)N[C@@H]1CCN2CCC[C@H]2C1. The van der Waals surface area contributed by atoms with Crippen molar-refractivity contribution in [1.29, 1.82) is 0 Å². The number of aromatic nitrogens is 1. The van der Waals surface area contributed by atoms with E-state index in [-0.39, 0.29) is 6.03 Å². The lowest BCUT2D eigenvalue weighted by Gasteiger charge is -2.35. The zero-order chi connectivity index (χ0) is 15.6. The predicted molar refractivity (Wildman–Crippen MR) is 93.1 cm³/mol. The van der Waals surface area contributed by atoms with E-state index in [4.69, 9.17) is 0 Å². The average Bonchev–Trinajstić information content (AvgIpc) is 3.08. The standard InChI is InChI=1S/C17H26N4OS/c22-16(18-12-8-10-21-9-4-5-13(21)11-12)20-17-19-14-6-2-1-3-7-15(14)23-17/h12-13H,1-11H2,(H2,18,19,20,22)/t12-,13+/m1/s1. The van der Waals surface area contributed by atoms with Crippen LogP contribution in [-0.2, 0) is 12.8 Å². The van der Waals surface area contributed by atoms with Crippen LogP contribution in [-0.4, -0.2) is 41.1 Å². The number of nitrogens with zero attached hydrogens (tertiary/aromatic N) is 2. The molecule has 0 aromatic carbocycles. The van der Waals surface area contributed by atoms with Gasteiger partial charge in [-0.05, 0) is 57.9 Å². The number of carbonyl (C=O) groups is 1. The number of carbonyl (C=O) groups excluding carboxylic acids is 1. The van der Waals surface area contributed by atoms with E-state index in [1.807, 2.05) is 0 Å². The fourth-order valence-corrected chi connectivity index (χ4v) is 5.30. The third-order valence-corrected chi connectivity index (χ3v) is 6.54. The highest BCUT2D eigenvalue weighted by atomic mass is 32.1. The normalized spacial score (nSPS) is 27.8. The molecule has 1 aromatic rings. The van der Waals surface area contributed by atoms with Crippen LogP contribution in [0.1, 0.15) is 55.5 Å². The molecular formula is C17H26N4OS. The summed E-state index contributed by atoms with van der Waals surface area (Å²) in [6.45, 7) is 2.37. The molecule has 0 saturated carbocycles. The van der Waals surface area contributed by atoms with Crippen LogP contribution < -0.4 is 10.6 Å². The molecule has 5 nitrogen and oxygen atoms in total. The number of nitrogens with one attached hydrogen (secondary N) is 2. The molecule has 126 valence electrons. The maximum Gasteiger partial charge on any atom is 0.321 e. The zero-order valence-electron chi connectivity index (χ0n) is 13.6. The maximum atomic E-state index is 12.3. The Labute approximate surface area is 141 Å². The van der Waals surface area contributed by atoms with Gasteiger partial charge in [-0.1, -0.05) is 6.42 Å². The minimum absolute atomic E-state index is 0.0784. The van der Waals surface area contributed by atoms with Crippen molar-refractivity contribution in [3.8, 4) is 0 Å². The van der Waals surface area contributed by atoms with E-state index in [1.165, 1.54) is 49.2 Å². The van der Waals surface area contributed by atoms with Crippen molar-refractivity contribution in [2.75, 3.05) is 18.4 Å². The van der Waals surface area contributed by atoms with E-state index in [1.54, 1.807) is 11.3 Å². The molecular weight excluding hydrogens is 308 g/mol. The largest absolute Gasteiger partial charge is 0.335 e. The van der Waals surface area contributed by atoms with Crippen molar-refractivity contribution >= 4 is 22.5 Å². The van der Waals surface area contributed by atoms with Crippen molar-refractivity contribution in [3.63, 3.8) is 0 Å². The molecule has 1 aliphatic carbocycles. The molecule has 2 aliphatic heterocycles. The fourth-order valence-electron chi connectivity index (χ4n) is 4.26. The summed E-state index contributed by atoms with van der Waals surface area (Å²) in [5.41, 5.74) is 1.21. The van der Waals surface area contributed by atoms with Gasteiger partial charge in [-0.2, -0.15) is 0 Å². The molecule has 0 bridgehead atoms. The minimum atomic E-state index is -0.0784. The van der Waals surface area contributed by atoms with Gasteiger partial charge >= 0.3 is 6.03 Å². The Morgan fingerprint density at radius 1 is 1.13 bits per heavy atom. The third-order valence-electron chi connectivity index (χ3n) is 5.47.